The first-order valence-electron chi connectivity index (χ1n) is 17.7. The lowest BCUT2D eigenvalue weighted by Crippen LogP contribution is -2.30. The Hall–Kier alpha value is -4.69. The zero-order chi connectivity index (χ0) is 34.7. The van der Waals surface area contributed by atoms with Gasteiger partial charge in [0.05, 0.1) is 41.0 Å². The fourth-order valence-corrected chi connectivity index (χ4v) is 7.85. The summed E-state index contributed by atoms with van der Waals surface area (Å²) in [6.45, 7) is 7.50. The van der Waals surface area contributed by atoms with Gasteiger partial charge in [-0.25, -0.2) is 9.97 Å². The number of carbonyl (C=O) groups excluding carboxylic acids is 1. The molecule has 8 heteroatoms. The molecule has 0 saturated heterocycles. The summed E-state index contributed by atoms with van der Waals surface area (Å²) in [4.78, 5) is 22.4. The Balaban J connectivity index is 1.22. The molecule has 3 heterocycles. The summed E-state index contributed by atoms with van der Waals surface area (Å²) in [5.74, 6) is 1.95. The highest BCUT2D eigenvalue weighted by Gasteiger charge is 2.34. The Morgan fingerprint density at radius 1 is 1.00 bits per heavy atom. The number of rotatable bonds is 14. The van der Waals surface area contributed by atoms with Crippen molar-refractivity contribution in [3.05, 3.63) is 107 Å². The first-order chi connectivity index (χ1) is 24.3. The number of benzene rings is 3. The van der Waals surface area contributed by atoms with E-state index in [0.29, 0.717) is 38.0 Å². The number of pyridine rings is 1. The highest BCUT2D eigenvalue weighted by Crippen LogP contribution is 2.39. The van der Waals surface area contributed by atoms with Crippen LogP contribution in [0, 0.1) is 11.3 Å². The number of nitrogens with zero attached hydrogens (tertiary/aromatic N) is 3. The Morgan fingerprint density at radius 2 is 1.80 bits per heavy atom. The van der Waals surface area contributed by atoms with Crippen molar-refractivity contribution in [1.82, 2.24) is 14.5 Å². The molecule has 0 bridgehead atoms. The van der Waals surface area contributed by atoms with E-state index in [4.69, 9.17) is 19.2 Å². The van der Waals surface area contributed by atoms with Gasteiger partial charge in [0.25, 0.3) is 0 Å². The topological polar surface area (TPSA) is 75.5 Å². The van der Waals surface area contributed by atoms with Crippen molar-refractivity contribution in [3.63, 3.8) is 0 Å². The summed E-state index contributed by atoms with van der Waals surface area (Å²) < 4.78 is 20.8. The van der Waals surface area contributed by atoms with E-state index in [1.165, 1.54) is 46.2 Å². The smallest absolute Gasteiger partial charge is 0.311 e. The van der Waals surface area contributed by atoms with Crippen LogP contribution in [-0.2, 0) is 35.3 Å². The van der Waals surface area contributed by atoms with Crippen molar-refractivity contribution in [2.24, 2.45) is 11.3 Å². The van der Waals surface area contributed by atoms with Gasteiger partial charge in [-0.3, -0.25) is 4.79 Å². The van der Waals surface area contributed by atoms with Crippen LogP contribution in [0.2, 0.25) is 0 Å². The van der Waals surface area contributed by atoms with Gasteiger partial charge in [0.15, 0.2) is 0 Å². The number of aromatic nitrogens is 3. The van der Waals surface area contributed by atoms with Crippen molar-refractivity contribution in [2.75, 3.05) is 20.3 Å². The molecule has 0 aliphatic heterocycles. The molecule has 1 aliphatic rings. The van der Waals surface area contributed by atoms with Crippen molar-refractivity contribution in [1.29, 1.82) is 0 Å². The van der Waals surface area contributed by atoms with Crippen LogP contribution in [-0.4, -0.2) is 40.8 Å². The zero-order valence-corrected chi connectivity index (χ0v) is 30.2. The van der Waals surface area contributed by atoms with Crippen LogP contribution in [0.25, 0.3) is 32.2 Å². The normalized spacial score (nSPS) is 13.4. The monoisotopic (exact) mass is 687 g/mol. The highest BCUT2D eigenvalue weighted by atomic mass is 32.1. The number of fused-ring (bicyclic) bond motifs is 2. The average Bonchev–Trinajstić information content (AvgIpc) is 3.64. The summed E-state index contributed by atoms with van der Waals surface area (Å²) in [6, 6.07) is 27.4. The van der Waals surface area contributed by atoms with Gasteiger partial charge in [-0.1, -0.05) is 55.7 Å². The van der Waals surface area contributed by atoms with Crippen molar-refractivity contribution < 1.29 is 19.0 Å². The lowest BCUT2D eigenvalue weighted by Gasteiger charge is -2.28. The summed E-state index contributed by atoms with van der Waals surface area (Å²) in [5.41, 5.74) is 7.39. The quantitative estimate of drug-likeness (QED) is 0.106. The Bertz CT molecular complexity index is 2060. The molecule has 1 saturated carbocycles. The first kappa shape index (κ1) is 33.8. The molecule has 0 unspecified atom stereocenters. The van der Waals surface area contributed by atoms with Crippen LogP contribution in [0.1, 0.15) is 61.9 Å². The number of para-hydroxylation sites is 1. The lowest BCUT2D eigenvalue weighted by molar-refractivity contribution is -0.153. The van der Waals surface area contributed by atoms with Gasteiger partial charge in [-0.05, 0) is 86.2 Å². The lowest BCUT2D eigenvalue weighted by atomic mass is 9.79. The number of hydrogen-bond donors (Lipinski definition) is 0. The summed E-state index contributed by atoms with van der Waals surface area (Å²) in [6.07, 6.45) is 7.95. The van der Waals surface area contributed by atoms with E-state index >= 15 is 0 Å². The van der Waals surface area contributed by atoms with Crippen LogP contribution in [0.5, 0.6) is 11.6 Å². The van der Waals surface area contributed by atoms with Crippen molar-refractivity contribution in [3.8, 4) is 22.8 Å². The maximum absolute atomic E-state index is 13.2. The number of esters is 1. The molecule has 3 aromatic carbocycles. The Morgan fingerprint density at radius 3 is 2.50 bits per heavy atom. The largest absolute Gasteiger partial charge is 0.493 e. The van der Waals surface area contributed by atoms with Crippen LogP contribution >= 0.6 is 11.3 Å². The maximum atomic E-state index is 13.2. The van der Waals surface area contributed by atoms with E-state index in [9.17, 15) is 4.79 Å². The summed E-state index contributed by atoms with van der Waals surface area (Å²) >= 11 is 1.73. The molecule has 0 N–H and O–H groups in total. The van der Waals surface area contributed by atoms with Gasteiger partial charge < -0.3 is 18.8 Å². The van der Waals surface area contributed by atoms with E-state index in [0.717, 1.165) is 45.8 Å². The molecule has 6 aromatic rings. The van der Waals surface area contributed by atoms with Crippen LogP contribution in [0.15, 0.2) is 85.1 Å². The van der Waals surface area contributed by atoms with Gasteiger partial charge in [0, 0.05) is 53.8 Å². The third-order valence-corrected chi connectivity index (χ3v) is 11.0. The van der Waals surface area contributed by atoms with Gasteiger partial charge in [0.2, 0.25) is 5.88 Å². The van der Waals surface area contributed by atoms with Crippen molar-refractivity contribution in [2.45, 2.75) is 65.8 Å². The molecule has 1 aliphatic carbocycles. The first-order valence-corrected chi connectivity index (χ1v) is 18.5. The number of thiazole rings is 1. The van der Waals surface area contributed by atoms with E-state index in [1.807, 2.05) is 45.2 Å². The second-order valence-electron chi connectivity index (χ2n) is 13.9. The molecule has 258 valence electrons. The minimum Gasteiger partial charge on any atom is -0.493 e. The van der Waals surface area contributed by atoms with E-state index in [2.05, 4.69) is 70.2 Å². The molecule has 0 radical (unpaired) electrons. The van der Waals surface area contributed by atoms with E-state index in [-0.39, 0.29) is 5.97 Å². The van der Waals surface area contributed by atoms with Crippen LogP contribution in [0.4, 0.5) is 0 Å². The Kier molecular flexibility index (Phi) is 9.90. The minimum absolute atomic E-state index is 0.164. The third-order valence-electron chi connectivity index (χ3n) is 9.91. The third kappa shape index (κ3) is 7.26. The SMILES string of the molecule is CCOC(=O)C(C)(C)Cc1c(CC2CCC2)c2cc(OCCc3nc4ccccc4s3)ccc2n1Cc1ccc(-c2ccc(OC)nc2)cc1. The van der Waals surface area contributed by atoms with Gasteiger partial charge in [0.1, 0.15) is 5.75 Å². The predicted molar refractivity (Wildman–Crippen MR) is 201 cm³/mol. The maximum Gasteiger partial charge on any atom is 0.311 e. The predicted octanol–water partition coefficient (Wildman–Crippen LogP) is 9.47. The fourth-order valence-electron chi connectivity index (χ4n) is 6.90. The van der Waals surface area contributed by atoms with E-state index < -0.39 is 5.41 Å². The highest BCUT2D eigenvalue weighted by molar-refractivity contribution is 7.18. The second-order valence-corrected chi connectivity index (χ2v) is 15.0. The second kappa shape index (κ2) is 14.7. The van der Waals surface area contributed by atoms with Gasteiger partial charge in [-0.15, -0.1) is 11.3 Å². The van der Waals surface area contributed by atoms with Gasteiger partial charge >= 0.3 is 5.97 Å². The van der Waals surface area contributed by atoms with Crippen LogP contribution in [0.3, 0.4) is 0 Å². The molecule has 0 spiro atoms. The number of carbonyl (C=O) groups is 1. The number of hydrogen-bond acceptors (Lipinski definition) is 7. The molecular weight excluding hydrogens is 643 g/mol. The molecule has 0 atom stereocenters. The van der Waals surface area contributed by atoms with Crippen LogP contribution < -0.4 is 9.47 Å². The average molecular weight is 688 g/mol. The zero-order valence-electron chi connectivity index (χ0n) is 29.4. The minimum atomic E-state index is -0.682. The molecule has 50 heavy (non-hydrogen) atoms. The molecule has 0 amide bonds. The molecule has 7 rings (SSSR count). The number of methoxy groups -OCH3 is 1. The molecule has 7 nitrogen and oxygen atoms in total. The summed E-state index contributed by atoms with van der Waals surface area (Å²) in [7, 11) is 1.63. The van der Waals surface area contributed by atoms with Crippen molar-refractivity contribution >= 4 is 38.4 Å². The molecule has 3 aromatic heterocycles. The summed E-state index contributed by atoms with van der Waals surface area (Å²) in [5, 5.41) is 2.30. The number of ether oxygens (including phenoxy) is 3. The van der Waals surface area contributed by atoms with Gasteiger partial charge in [-0.2, -0.15) is 0 Å². The molecule has 1 fully saturated rings. The molecular formula is C42H45N3O4S. The standard InChI is InChI=1S/C42H45N3O4S/c1-5-48-41(46)42(2,3)25-37-33(23-28-9-8-10-28)34-24-32(49-22-21-40-44-35-11-6-7-12-38(35)50-40)18-19-36(34)45(37)27-29-13-15-30(16-14-29)31-17-20-39(47-4)43-26-31/h6-7,11-20,24,26,28H,5,8-10,21-23,25,27H2,1-4H3. The Labute approximate surface area is 298 Å². The fraction of sp³-hybridized carbons (Fsp3) is 0.357. The van der Waals surface area contributed by atoms with E-state index in [1.54, 1.807) is 18.4 Å².